The van der Waals surface area contributed by atoms with E-state index in [-0.39, 0.29) is 23.8 Å². The minimum Gasteiger partial charge on any atom is -0.481 e. The van der Waals surface area contributed by atoms with E-state index in [1.807, 2.05) is 37.3 Å². The van der Waals surface area contributed by atoms with Crippen LogP contribution in [0.4, 0.5) is 0 Å². The molecule has 2 N–H and O–H groups in total. The Labute approximate surface area is 119 Å². The van der Waals surface area contributed by atoms with Crippen molar-refractivity contribution in [2.45, 2.75) is 38.6 Å². The van der Waals surface area contributed by atoms with Crippen molar-refractivity contribution in [3.05, 3.63) is 35.9 Å². The molecule has 0 bridgehead atoms. The summed E-state index contributed by atoms with van der Waals surface area (Å²) in [6.45, 7) is 1.95. The first kappa shape index (κ1) is 14.6. The highest BCUT2D eigenvalue weighted by atomic mass is 16.4. The van der Waals surface area contributed by atoms with Crippen LogP contribution >= 0.6 is 0 Å². The van der Waals surface area contributed by atoms with Crippen LogP contribution in [0.5, 0.6) is 0 Å². The van der Waals surface area contributed by atoms with E-state index in [0.717, 1.165) is 18.4 Å². The maximum absolute atomic E-state index is 12.2. The Morgan fingerprint density at radius 3 is 2.50 bits per heavy atom. The summed E-state index contributed by atoms with van der Waals surface area (Å²) < 4.78 is 0. The summed E-state index contributed by atoms with van der Waals surface area (Å²) in [4.78, 5) is 23.3. The highest BCUT2D eigenvalue weighted by Gasteiger charge is 2.31. The predicted molar refractivity (Wildman–Crippen MR) is 76.1 cm³/mol. The van der Waals surface area contributed by atoms with Gasteiger partial charge in [-0.1, -0.05) is 36.8 Å². The van der Waals surface area contributed by atoms with Crippen molar-refractivity contribution in [3.63, 3.8) is 0 Å². The zero-order valence-corrected chi connectivity index (χ0v) is 11.7. The monoisotopic (exact) mass is 275 g/mol. The molecular formula is C16H21NO3. The first-order valence-corrected chi connectivity index (χ1v) is 7.16. The second-order valence-corrected chi connectivity index (χ2v) is 5.54. The van der Waals surface area contributed by atoms with Crippen LogP contribution in [0.3, 0.4) is 0 Å². The third-order valence-electron chi connectivity index (χ3n) is 4.05. The molecule has 108 valence electrons. The minimum atomic E-state index is -0.779. The maximum Gasteiger partial charge on any atom is 0.306 e. The molecule has 0 aliphatic heterocycles. The second kappa shape index (κ2) is 6.55. The van der Waals surface area contributed by atoms with E-state index in [9.17, 15) is 9.59 Å². The standard InChI is InChI=1S/C16H21NO3/c1-11(12-6-3-2-4-7-12)17-15(18)13-8-5-9-14(10-13)16(19)20/h2-4,6-7,11,13-14H,5,8-10H2,1H3,(H,17,18)(H,19,20). The van der Waals surface area contributed by atoms with Crippen LogP contribution in [0.25, 0.3) is 0 Å². The molecule has 0 heterocycles. The van der Waals surface area contributed by atoms with Gasteiger partial charge in [-0.25, -0.2) is 0 Å². The number of carbonyl (C=O) groups is 2. The molecule has 1 aliphatic rings. The average molecular weight is 275 g/mol. The molecule has 20 heavy (non-hydrogen) atoms. The predicted octanol–water partition coefficient (Wildman–Crippen LogP) is 2.75. The maximum atomic E-state index is 12.2. The molecule has 1 aliphatic carbocycles. The lowest BCUT2D eigenvalue weighted by Crippen LogP contribution is -2.36. The van der Waals surface area contributed by atoms with Crippen molar-refractivity contribution >= 4 is 11.9 Å². The van der Waals surface area contributed by atoms with Crippen LogP contribution < -0.4 is 5.32 Å². The van der Waals surface area contributed by atoms with E-state index in [1.165, 1.54) is 0 Å². The molecule has 4 nitrogen and oxygen atoms in total. The third kappa shape index (κ3) is 3.59. The van der Waals surface area contributed by atoms with Gasteiger partial charge in [0.05, 0.1) is 12.0 Å². The fraction of sp³-hybridized carbons (Fsp3) is 0.500. The molecule has 3 atom stereocenters. The summed E-state index contributed by atoms with van der Waals surface area (Å²) in [5.74, 6) is -1.34. The Hall–Kier alpha value is -1.84. The van der Waals surface area contributed by atoms with Crippen LogP contribution in [0.2, 0.25) is 0 Å². The summed E-state index contributed by atoms with van der Waals surface area (Å²) in [6, 6.07) is 9.74. The van der Waals surface area contributed by atoms with Crippen LogP contribution in [-0.4, -0.2) is 17.0 Å². The van der Waals surface area contributed by atoms with E-state index in [4.69, 9.17) is 5.11 Å². The van der Waals surface area contributed by atoms with Gasteiger partial charge in [0.15, 0.2) is 0 Å². The van der Waals surface area contributed by atoms with Gasteiger partial charge in [0.25, 0.3) is 0 Å². The van der Waals surface area contributed by atoms with Crippen LogP contribution in [0, 0.1) is 11.8 Å². The molecule has 0 radical (unpaired) electrons. The number of hydrogen-bond donors (Lipinski definition) is 2. The number of hydrogen-bond acceptors (Lipinski definition) is 2. The topological polar surface area (TPSA) is 66.4 Å². The fourth-order valence-corrected chi connectivity index (χ4v) is 2.81. The number of carboxylic acid groups (broad SMARTS) is 1. The molecule has 3 unspecified atom stereocenters. The summed E-state index contributed by atoms with van der Waals surface area (Å²) >= 11 is 0. The first-order chi connectivity index (χ1) is 9.58. The molecule has 0 saturated heterocycles. The zero-order chi connectivity index (χ0) is 14.5. The lowest BCUT2D eigenvalue weighted by Gasteiger charge is -2.27. The Bertz CT molecular complexity index is 472. The first-order valence-electron chi connectivity index (χ1n) is 7.16. The Balaban J connectivity index is 1.93. The highest BCUT2D eigenvalue weighted by Crippen LogP contribution is 2.29. The van der Waals surface area contributed by atoms with Crippen molar-refractivity contribution in [2.75, 3.05) is 0 Å². The Morgan fingerprint density at radius 2 is 1.85 bits per heavy atom. The average Bonchev–Trinajstić information content (AvgIpc) is 2.48. The largest absolute Gasteiger partial charge is 0.481 e. The van der Waals surface area contributed by atoms with Crippen molar-refractivity contribution in [3.8, 4) is 0 Å². The molecular weight excluding hydrogens is 254 g/mol. The van der Waals surface area contributed by atoms with Gasteiger partial charge in [-0.3, -0.25) is 9.59 Å². The summed E-state index contributed by atoms with van der Waals surface area (Å²) in [7, 11) is 0. The Kier molecular flexibility index (Phi) is 4.77. The van der Waals surface area contributed by atoms with Crippen molar-refractivity contribution in [2.24, 2.45) is 11.8 Å². The van der Waals surface area contributed by atoms with Gasteiger partial charge in [0, 0.05) is 5.92 Å². The van der Waals surface area contributed by atoms with Crippen LogP contribution in [0.15, 0.2) is 30.3 Å². The number of aliphatic carboxylic acids is 1. The lowest BCUT2D eigenvalue weighted by molar-refractivity contribution is -0.144. The van der Waals surface area contributed by atoms with Gasteiger partial charge in [0.2, 0.25) is 5.91 Å². The van der Waals surface area contributed by atoms with E-state index >= 15 is 0 Å². The highest BCUT2D eigenvalue weighted by molar-refractivity contribution is 5.80. The number of carbonyl (C=O) groups excluding carboxylic acids is 1. The van der Waals surface area contributed by atoms with Gasteiger partial charge in [-0.05, 0) is 31.7 Å². The zero-order valence-electron chi connectivity index (χ0n) is 11.7. The summed E-state index contributed by atoms with van der Waals surface area (Å²) in [6.07, 6.45) is 2.75. The van der Waals surface area contributed by atoms with E-state index in [1.54, 1.807) is 0 Å². The number of benzene rings is 1. The van der Waals surface area contributed by atoms with E-state index < -0.39 is 5.97 Å². The van der Waals surface area contributed by atoms with E-state index in [0.29, 0.717) is 12.8 Å². The van der Waals surface area contributed by atoms with Crippen LogP contribution in [-0.2, 0) is 9.59 Å². The molecule has 1 aromatic carbocycles. The number of amides is 1. The molecule has 4 heteroatoms. The minimum absolute atomic E-state index is 0.0210. The Morgan fingerprint density at radius 1 is 1.20 bits per heavy atom. The van der Waals surface area contributed by atoms with E-state index in [2.05, 4.69) is 5.32 Å². The lowest BCUT2D eigenvalue weighted by atomic mass is 9.81. The quantitative estimate of drug-likeness (QED) is 0.888. The SMILES string of the molecule is CC(NC(=O)C1CCCC(C(=O)O)C1)c1ccccc1. The number of carboxylic acids is 1. The third-order valence-corrected chi connectivity index (χ3v) is 4.05. The van der Waals surface area contributed by atoms with Gasteiger partial charge in [-0.15, -0.1) is 0 Å². The normalized spacial score (nSPS) is 23.9. The van der Waals surface area contributed by atoms with Gasteiger partial charge in [-0.2, -0.15) is 0 Å². The number of nitrogens with one attached hydrogen (secondary N) is 1. The second-order valence-electron chi connectivity index (χ2n) is 5.54. The molecule has 1 saturated carbocycles. The molecule has 0 spiro atoms. The number of rotatable bonds is 4. The van der Waals surface area contributed by atoms with Crippen molar-refractivity contribution < 1.29 is 14.7 Å². The summed E-state index contributed by atoms with van der Waals surface area (Å²) in [5.41, 5.74) is 1.06. The van der Waals surface area contributed by atoms with Crippen LogP contribution in [0.1, 0.15) is 44.2 Å². The van der Waals surface area contributed by atoms with Crippen molar-refractivity contribution in [1.82, 2.24) is 5.32 Å². The summed E-state index contributed by atoms with van der Waals surface area (Å²) in [5, 5.41) is 12.1. The molecule has 1 aromatic rings. The molecule has 2 rings (SSSR count). The smallest absolute Gasteiger partial charge is 0.306 e. The molecule has 0 aromatic heterocycles. The van der Waals surface area contributed by atoms with Crippen molar-refractivity contribution in [1.29, 1.82) is 0 Å². The molecule has 1 amide bonds. The van der Waals surface area contributed by atoms with Gasteiger partial charge >= 0.3 is 5.97 Å². The van der Waals surface area contributed by atoms with Gasteiger partial charge in [0.1, 0.15) is 0 Å². The van der Waals surface area contributed by atoms with Gasteiger partial charge < -0.3 is 10.4 Å². The molecule has 1 fully saturated rings. The fourth-order valence-electron chi connectivity index (χ4n) is 2.81.